The Morgan fingerprint density at radius 1 is 1.38 bits per heavy atom. The number of hydrogen-bond donors (Lipinski definition) is 2. The highest BCUT2D eigenvalue weighted by molar-refractivity contribution is 5.85. The van der Waals surface area contributed by atoms with Crippen molar-refractivity contribution in [1.29, 1.82) is 0 Å². The molecule has 0 saturated heterocycles. The fourth-order valence-corrected chi connectivity index (χ4v) is 1.45. The van der Waals surface area contributed by atoms with Crippen molar-refractivity contribution in [3.05, 3.63) is 42.0 Å². The first-order valence-corrected chi connectivity index (χ1v) is 5.31. The van der Waals surface area contributed by atoms with Crippen molar-refractivity contribution in [2.75, 3.05) is 12.4 Å². The molecule has 3 heteroatoms. The number of carboxylic acids is 1. The smallest absolute Gasteiger partial charge is 0.330 e. The standard InChI is InChI=1S/C13H17NO2/c1-10(13(15)16)4-3-5-11-6-8-12(14-2)9-7-11/h6-9,14H,1,3-5H2,2H3,(H,15,16). The summed E-state index contributed by atoms with van der Waals surface area (Å²) in [4.78, 5) is 10.5. The molecule has 0 spiro atoms. The van der Waals surface area contributed by atoms with E-state index >= 15 is 0 Å². The van der Waals surface area contributed by atoms with E-state index in [1.54, 1.807) is 0 Å². The van der Waals surface area contributed by atoms with Crippen LogP contribution in [0.5, 0.6) is 0 Å². The molecule has 1 aromatic carbocycles. The fourth-order valence-electron chi connectivity index (χ4n) is 1.45. The maximum absolute atomic E-state index is 10.5. The van der Waals surface area contributed by atoms with E-state index in [1.807, 2.05) is 19.2 Å². The van der Waals surface area contributed by atoms with Gasteiger partial charge in [0.25, 0.3) is 0 Å². The Bertz CT molecular complexity index is 368. The molecule has 0 aliphatic heterocycles. The minimum Gasteiger partial charge on any atom is -0.478 e. The van der Waals surface area contributed by atoms with Gasteiger partial charge in [0.05, 0.1) is 0 Å². The number of carboxylic acid groups (broad SMARTS) is 1. The molecule has 16 heavy (non-hydrogen) atoms. The van der Waals surface area contributed by atoms with Crippen LogP contribution in [-0.2, 0) is 11.2 Å². The highest BCUT2D eigenvalue weighted by Gasteiger charge is 2.03. The van der Waals surface area contributed by atoms with Crippen molar-refractivity contribution >= 4 is 11.7 Å². The minimum absolute atomic E-state index is 0.284. The van der Waals surface area contributed by atoms with Gasteiger partial charge in [-0.3, -0.25) is 0 Å². The first-order chi connectivity index (χ1) is 7.63. The van der Waals surface area contributed by atoms with E-state index in [0.717, 1.165) is 18.5 Å². The molecule has 0 radical (unpaired) electrons. The molecule has 0 unspecified atom stereocenters. The molecule has 0 aliphatic carbocycles. The third kappa shape index (κ3) is 3.77. The van der Waals surface area contributed by atoms with Gasteiger partial charge in [0, 0.05) is 18.3 Å². The number of anilines is 1. The number of hydrogen-bond acceptors (Lipinski definition) is 2. The Morgan fingerprint density at radius 2 is 2.00 bits per heavy atom. The zero-order valence-corrected chi connectivity index (χ0v) is 9.49. The van der Waals surface area contributed by atoms with E-state index < -0.39 is 5.97 Å². The number of aliphatic carboxylic acids is 1. The van der Waals surface area contributed by atoms with Crippen LogP contribution in [0, 0.1) is 0 Å². The van der Waals surface area contributed by atoms with Gasteiger partial charge in [0.15, 0.2) is 0 Å². The lowest BCUT2D eigenvalue weighted by Crippen LogP contribution is -1.99. The largest absolute Gasteiger partial charge is 0.478 e. The molecule has 0 heterocycles. The lowest BCUT2D eigenvalue weighted by Gasteiger charge is -2.04. The van der Waals surface area contributed by atoms with Crippen LogP contribution >= 0.6 is 0 Å². The molecule has 86 valence electrons. The zero-order chi connectivity index (χ0) is 12.0. The molecule has 0 atom stereocenters. The SMILES string of the molecule is C=C(CCCc1ccc(NC)cc1)C(=O)O. The summed E-state index contributed by atoms with van der Waals surface area (Å²) in [6.45, 7) is 3.50. The lowest BCUT2D eigenvalue weighted by molar-refractivity contribution is -0.132. The number of rotatable bonds is 6. The molecule has 0 fully saturated rings. The number of carbonyl (C=O) groups is 1. The molecular weight excluding hydrogens is 202 g/mol. The van der Waals surface area contributed by atoms with Crippen molar-refractivity contribution in [2.24, 2.45) is 0 Å². The maximum Gasteiger partial charge on any atom is 0.330 e. The van der Waals surface area contributed by atoms with Crippen LogP contribution in [-0.4, -0.2) is 18.1 Å². The van der Waals surface area contributed by atoms with Gasteiger partial charge >= 0.3 is 5.97 Å². The van der Waals surface area contributed by atoms with Gasteiger partial charge in [0.1, 0.15) is 0 Å². The van der Waals surface area contributed by atoms with Crippen LogP contribution in [0.25, 0.3) is 0 Å². The van der Waals surface area contributed by atoms with E-state index in [1.165, 1.54) is 5.56 Å². The fraction of sp³-hybridized carbons (Fsp3) is 0.308. The van der Waals surface area contributed by atoms with Gasteiger partial charge in [-0.05, 0) is 37.0 Å². The molecule has 2 N–H and O–H groups in total. The normalized spacial score (nSPS) is 9.81. The van der Waals surface area contributed by atoms with Gasteiger partial charge in [-0.1, -0.05) is 18.7 Å². The summed E-state index contributed by atoms with van der Waals surface area (Å²) in [7, 11) is 1.88. The van der Waals surface area contributed by atoms with Crippen LogP contribution < -0.4 is 5.32 Å². The third-order valence-corrected chi connectivity index (χ3v) is 2.49. The predicted octanol–water partition coefficient (Wildman–Crippen LogP) is 2.69. The van der Waals surface area contributed by atoms with Crippen molar-refractivity contribution in [3.63, 3.8) is 0 Å². The quantitative estimate of drug-likeness (QED) is 0.723. The second-order valence-corrected chi connectivity index (χ2v) is 3.71. The summed E-state index contributed by atoms with van der Waals surface area (Å²) in [6, 6.07) is 8.13. The predicted molar refractivity (Wildman–Crippen MR) is 65.7 cm³/mol. The molecule has 3 nitrogen and oxygen atoms in total. The summed E-state index contributed by atoms with van der Waals surface area (Å²) in [5.74, 6) is -0.898. The highest BCUT2D eigenvalue weighted by Crippen LogP contribution is 2.12. The van der Waals surface area contributed by atoms with E-state index in [9.17, 15) is 4.79 Å². The first kappa shape index (κ1) is 12.3. The summed E-state index contributed by atoms with van der Waals surface area (Å²) >= 11 is 0. The van der Waals surface area contributed by atoms with E-state index in [2.05, 4.69) is 24.0 Å². The van der Waals surface area contributed by atoms with E-state index in [4.69, 9.17) is 5.11 Å². The van der Waals surface area contributed by atoms with Crippen LogP contribution in [0.3, 0.4) is 0 Å². The number of benzene rings is 1. The zero-order valence-electron chi connectivity index (χ0n) is 9.49. The molecule has 0 bridgehead atoms. The van der Waals surface area contributed by atoms with Crippen LogP contribution in [0.2, 0.25) is 0 Å². The summed E-state index contributed by atoms with van der Waals surface area (Å²) < 4.78 is 0. The van der Waals surface area contributed by atoms with Crippen molar-refractivity contribution in [3.8, 4) is 0 Å². The van der Waals surface area contributed by atoms with Crippen molar-refractivity contribution in [1.82, 2.24) is 0 Å². The lowest BCUT2D eigenvalue weighted by atomic mass is 10.0. The molecule has 0 aliphatic rings. The van der Waals surface area contributed by atoms with Crippen LogP contribution in [0.15, 0.2) is 36.4 Å². The van der Waals surface area contributed by atoms with Crippen LogP contribution in [0.1, 0.15) is 18.4 Å². The Labute approximate surface area is 95.8 Å². The summed E-state index contributed by atoms with van der Waals surface area (Å²) in [5, 5.41) is 11.7. The molecular formula is C13H17NO2. The van der Waals surface area contributed by atoms with Gasteiger partial charge in [-0.25, -0.2) is 4.79 Å². The van der Waals surface area contributed by atoms with E-state index in [0.29, 0.717) is 6.42 Å². The molecule has 0 aromatic heterocycles. The highest BCUT2D eigenvalue weighted by atomic mass is 16.4. The molecule has 1 rings (SSSR count). The van der Waals surface area contributed by atoms with Crippen molar-refractivity contribution < 1.29 is 9.90 Å². The van der Waals surface area contributed by atoms with Gasteiger partial charge in [-0.2, -0.15) is 0 Å². The Hall–Kier alpha value is -1.77. The Morgan fingerprint density at radius 3 is 2.50 bits per heavy atom. The topological polar surface area (TPSA) is 49.3 Å². The Balaban J connectivity index is 2.37. The average molecular weight is 219 g/mol. The van der Waals surface area contributed by atoms with Gasteiger partial charge in [-0.15, -0.1) is 0 Å². The van der Waals surface area contributed by atoms with Gasteiger partial charge < -0.3 is 10.4 Å². The summed E-state index contributed by atoms with van der Waals surface area (Å²) in [6.07, 6.45) is 2.25. The number of aryl methyl sites for hydroxylation is 1. The summed E-state index contributed by atoms with van der Waals surface area (Å²) in [5.41, 5.74) is 2.59. The minimum atomic E-state index is -0.898. The van der Waals surface area contributed by atoms with Gasteiger partial charge in [0.2, 0.25) is 0 Å². The first-order valence-electron chi connectivity index (χ1n) is 5.31. The second kappa shape index (κ2) is 5.95. The molecule has 0 saturated carbocycles. The Kier molecular flexibility index (Phi) is 4.58. The van der Waals surface area contributed by atoms with Crippen molar-refractivity contribution in [2.45, 2.75) is 19.3 Å². The molecule has 0 amide bonds. The van der Waals surface area contributed by atoms with E-state index in [-0.39, 0.29) is 5.57 Å². The monoisotopic (exact) mass is 219 g/mol. The molecule has 1 aromatic rings. The third-order valence-electron chi connectivity index (χ3n) is 2.49. The average Bonchev–Trinajstić information content (AvgIpc) is 2.29. The van der Waals surface area contributed by atoms with Crippen LogP contribution in [0.4, 0.5) is 5.69 Å². The maximum atomic E-state index is 10.5. The number of nitrogens with one attached hydrogen (secondary N) is 1. The second-order valence-electron chi connectivity index (χ2n) is 3.71.